The molecule has 1 saturated heterocycles. The zero-order chi connectivity index (χ0) is 19.0. The maximum Gasteiger partial charge on any atom is 0.411 e. The third-order valence-corrected chi connectivity index (χ3v) is 4.11. The third kappa shape index (κ3) is 6.87. The van der Waals surface area contributed by atoms with Crippen molar-refractivity contribution in [1.82, 2.24) is 15.6 Å². The molecule has 146 valence electrons. The lowest BCUT2D eigenvalue weighted by molar-refractivity contribution is -0.173. The van der Waals surface area contributed by atoms with Gasteiger partial charge in [0.2, 0.25) is 0 Å². The second kappa shape index (κ2) is 9.82. The summed E-state index contributed by atoms with van der Waals surface area (Å²) < 4.78 is 40.5. The Balaban J connectivity index is 1.68. The van der Waals surface area contributed by atoms with Gasteiger partial charge in [-0.05, 0) is 25.0 Å². The lowest BCUT2D eigenvalue weighted by Gasteiger charge is -2.20. The van der Waals surface area contributed by atoms with Gasteiger partial charge >= 0.3 is 6.18 Å². The van der Waals surface area contributed by atoms with Gasteiger partial charge in [0.05, 0.1) is 5.02 Å². The number of nitrogens with zero attached hydrogens (tertiary/aromatic N) is 3. The van der Waals surface area contributed by atoms with Crippen LogP contribution in [0.1, 0.15) is 12.8 Å². The summed E-state index contributed by atoms with van der Waals surface area (Å²) in [6, 6.07) is 3.79. The summed E-state index contributed by atoms with van der Waals surface area (Å²) in [5, 5.41) is 7.00. The van der Waals surface area contributed by atoms with E-state index in [2.05, 4.69) is 30.2 Å². The van der Waals surface area contributed by atoms with Gasteiger partial charge in [0, 0.05) is 45.5 Å². The molecule has 26 heavy (non-hydrogen) atoms. The number of halogens is 4. The van der Waals surface area contributed by atoms with E-state index in [9.17, 15) is 13.2 Å². The highest BCUT2D eigenvalue weighted by atomic mass is 35.5. The second-order valence-corrected chi connectivity index (χ2v) is 6.31. The molecule has 6 nitrogen and oxygen atoms in total. The first kappa shape index (κ1) is 20.6. The van der Waals surface area contributed by atoms with E-state index in [-0.39, 0.29) is 12.6 Å². The highest BCUT2D eigenvalue weighted by Crippen LogP contribution is 2.25. The number of guanidine groups is 1. The molecule has 1 fully saturated rings. The summed E-state index contributed by atoms with van der Waals surface area (Å²) in [7, 11) is 1.65. The lowest BCUT2D eigenvalue weighted by Crippen LogP contribution is -2.45. The molecule has 1 aromatic rings. The summed E-state index contributed by atoms with van der Waals surface area (Å²) in [6.45, 7) is 0.871. The van der Waals surface area contributed by atoms with Crippen molar-refractivity contribution in [3.63, 3.8) is 0 Å². The first-order valence-electron chi connectivity index (χ1n) is 8.36. The van der Waals surface area contributed by atoms with Gasteiger partial charge in [0.15, 0.2) is 5.96 Å². The van der Waals surface area contributed by atoms with E-state index >= 15 is 0 Å². The van der Waals surface area contributed by atoms with Gasteiger partial charge in [0.25, 0.3) is 0 Å². The number of aliphatic imine (C=N–C) groups is 1. The molecule has 10 heteroatoms. The molecule has 2 heterocycles. The number of hydrogen-bond donors (Lipinski definition) is 2. The van der Waals surface area contributed by atoms with Crippen LogP contribution in [0.15, 0.2) is 23.3 Å². The van der Waals surface area contributed by atoms with Crippen LogP contribution in [0, 0.1) is 0 Å². The van der Waals surface area contributed by atoms with Gasteiger partial charge in [-0.25, -0.2) is 4.98 Å². The maximum absolute atomic E-state index is 12.0. The Bertz CT molecular complexity index is 599. The lowest BCUT2D eigenvalue weighted by atomic mass is 10.3. The molecule has 0 saturated carbocycles. The number of pyridine rings is 1. The number of nitrogens with one attached hydrogen (secondary N) is 2. The van der Waals surface area contributed by atoms with Crippen molar-refractivity contribution in [2.45, 2.75) is 25.1 Å². The Morgan fingerprint density at radius 2 is 2.31 bits per heavy atom. The van der Waals surface area contributed by atoms with Crippen LogP contribution in [-0.4, -0.2) is 63.1 Å². The number of anilines is 1. The standard InChI is InChI=1S/C16H23ClF3N5O/c1-21-15(23-7-3-9-26-11-16(18,19)20)24-12-5-8-25(10-12)14-13(17)4-2-6-22-14/h2,4,6,12H,3,5,7-11H2,1H3,(H2,21,23,24). The van der Waals surface area contributed by atoms with Crippen LogP contribution >= 0.6 is 11.6 Å². The van der Waals surface area contributed by atoms with Gasteiger partial charge < -0.3 is 20.3 Å². The Morgan fingerprint density at radius 1 is 1.50 bits per heavy atom. The minimum absolute atomic E-state index is 0.0406. The molecule has 0 aliphatic carbocycles. The number of hydrogen-bond acceptors (Lipinski definition) is 4. The largest absolute Gasteiger partial charge is 0.411 e. The van der Waals surface area contributed by atoms with E-state index in [1.807, 2.05) is 6.07 Å². The van der Waals surface area contributed by atoms with E-state index in [4.69, 9.17) is 11.6 Å². The summed E-state index contributed by atoms with van der Waals surface area (Å²) in [5.41, 5.74) is 0. The number of aromatic nitrogens is 1. The summed E-state index contributed by atoms with van der Waals surface area (Å²) in [4.78, 5) is 10.6. The quantitative estimate of drug-likeness (QED) is 0.423. The average Bonchev–Trinajstić information content (AvgIpc) is 3.04. The van der Waals surface area contributed by atoms with Crippen LogP contribution in [-0.2, 0) is 4.74 Å². The maximum atomic E-state index is 12.0. The molecule has 0 amide bonds. The van der Waals surface area contributed by atoms with Crippen LogP contribution in [0.2, 0.25) is 5.02 Å². The Kier molecular flexibility index (Phi) is 7.77. The van der Waals surface area contributed by atoms with Crippen molar-refractivity contribution in [3.8, 4) is 0 Å². The molecule has 0 spiro atoms. The topological polar surface area (TPSA) is 61.8 Å². The normalized spacial score (nSPS) is 18.3. The van der Waals surface area contributed by atoms with Crippen molar-refractivity contribution < 1.29 is 17.9 Å². The van der Waals surface area contributed by atoms with Crippen molar-refractivity contribution in [1.29, 1.82) is 0 Å². The van der Waals surface area contributed by atoms with Gasteiger partial charge in [-0.3, -0.25) is 4.99 Å². The van der Waals surface area contributed by atoms with Crippen molar-refractivity contribution in [2.75, 3.05) is 44.8 Å². The summed E-state index contributed by atoms with van der Waals surface area (Å²) >= 11 is 6.18. The van der Waals surface area contributed by atoms with Crippen LogP contribution in [0.4, 0.5) is 19.0 Å². The fourth-order valence-electron chi connectivity index (χ4n) is 2.64. The van der Waals surface area contributed by atoms with Crippen LogP contribution in [0.25, 0.3) is 0 Å². The Morgan fingerprint density at radius 3 is 3.00 bits per heavy atom. The average molecular weight is 394 g/mol. The predicted octanol–water partition coefficient (Wildman–Crippen LogP) is 2.45. The highest BCUT2D eigenvalue weighted by molar-refractivity contribution is 6.32. The third-order valence-electron chi connectivity index (χ3n) is 3.81. The molecule has 0 radical (unpaired) electrons. The van der Waals surface area contributed by atoms with Gasteiger partial charge in [-0.2, -0.15) is 13.2 Å². The fraction of sp³-hybridized carbons (Fsp3) is 0.625. The SMILES string of the molecule is CN=C(NCCCOCC(F)(F)F)NC1CCN(c2ncccc2Cl)C1. The summed E-state index contributed by atoms with van der Waals surface area (Å²) in [5.74, 6) is 1.38. The molecule has 1 aliphatic rings. The molecular weight excluding hydrogens is 371 g/mol. The van der Waals surface area contributed by atoms with E-state index in [0.29, 0.717) is 23.9 Å². The molecule has 2 rings (SSSR count). The molecule has 1 aromatic heterocycles. The Labute approximate surface area is 155 Å². The molecule has 0 bridgehead atoms. The predicted molar refractivity (Wildman–Crippen MR) is 95.9 cm³/mol. The van der Waals surface area contributed by atoms with Crippen LogP contribution < -0.4 is 15.5 Å². The van der Waals surface area contributed by atoms with Crippen molar-refractivity contribution in [2.24, 2.45) is 4.99 Å². The molecule has 2 N–H and O–H groups in total. The molecule has 0 aromatic carbocycles. The fourth-order valence-corrected chi connectivity index (χ4v) is 2.88. The van der Waals surface area contributed by atoms with Crippen molar-refractivity contribution >= 4 is 23.4 Å². The van der Waals surface area contributed by atoms with E-state index in [0.717, 1.165) is 25.3 Å². The van der Waals surface area contributed by atoms with Gasteiger partial charge in [-0.15, -0.1) is 0 Å². The monoisotopic (exact) mass is 393 g/mol. The summed E-state index contributed by atoms with van der Waals surface area (Å²) in [6.07, 6.45) is -1.21. The molecule has 1 aliphatic heterocycles. The van der Waals surface area contributed by atoms with Crippen LogP contribution in [0.5, 0.6) is 0 Å². The number of alkyl halides is 3. The minimum atomic E-state index is -4.28. The molecule has 1 atom stereocenters. The minimum Gasteiger partial charge on any atom is -0.372 e. The first-order valence-corrected chi connectivity index (χ1v) is 8.74. The van der Waals surface area contributed by atoms with Crippen LogP contribution in [0.3, 0.4) is 0 Å². The second-order valence-electron chi connectivity index (χ2n) is 5.91. The smallest absolute Gasteiger partial charge is 0.372 e. The van der Waals surface area contributed by atoms with Gasteiger partial charge in [0.1, 0.15) is 12.4 Å². The first-order chi connectivity index (χ1) is 12.4. The zero-order valence-corrected chi connectivity index (χ0v) is 15.3. The number of rotatable bonds is 7. The van der Waals surface area contributed by atoms with E-state index in [1.165, 1.54) is 0 Å². The van der Waals surface area contributed by atoms with E-state index in [1.54, 1.807) is 19.3 Å². The Hall–Kier alpha value is -1.74. The van der Waals surface area contributed by atoms with Crippen molar-refractivity contribution in [3.05, 3.63) is 23.4 Å². The molecular formula is C16H23ClF3N5O. The van der Waals surface area contributed by atoms with E-state index < -0.39 is 12.8 Å². The highest BCUT2D eigenvalue weighted by Gasteiger charge is 2.27. The molecule has 1 unspecified atom stereocenters. The van der Waals surface area contributed by atoms with Gasteiger partial charge in [-0.1, -0.05) is 11.6 Å². The zero-order valence-electron chi connectivity index (χ0n) is 14.5. The number of ether oxygens (including phenoxy) is 1.